The molecule has 3 heterocycles. The van der Waals surface area contributed by atoms with Crippen molar-refractivity contribution in [3.8, 4) is 16.9 Å². The molecule has 238 valence electrons. The van der Waals surface area contributed by atoms with E-state index in [4.69, 9.17) is 4.74 Å². The maximum absolute atomic E-state index is 12.4. The predicted octanol–water partition coefficient (Wildman–Crippen LogP) is 8.23. The van der Waals surface area contributed by atoms with Crippen LogP contribution in [0.4, 0.5) is 5.82 Å². The summed E-state index contributed by atoms with van der Waals surface area (Å²) in [5, 5.41) is 13.9. The van der Waals surface area contributed by atoms with Crippen LogP contribution in [0.15, 0.2) is 90.1 Å². The van der Waals surface area contributed by atoms with Gasteiger partial charge in [-0.05, 0) is 67.4 Å². The zero-order valence-electron chi connectivity index (χ0n) is 27.1. The first-order valence-corrected chi connectivity index (χ1v) is 16.0. The van der Waals surface area contributed by atoms with E-state index in [0.29, 0.717) is 25.4 Å². The Hall–Kier alpha value is -4.63. The lowest BCUT2D eigenvalue weighted by atomic mass is 9.88. The number of rotatable bonds is 11. The Bertz CT molecular complexity index is 1840. The van der Waals surface area contributed by atoms with Crippen LogP contribution in [0.3, 0.4) is 0 Å². The fraction of sp³-hybridized carbons (Fsp3) is 0.297. The van der Waals surface area contributed by atoms with Crippen molar-refractivity contribution in [2.24, 2.45) is 5.41 Å². The first kappa shape index (κ1) is 32.8. The monoisotopic (exact) mass is 636 g/mol. The van der Waals surface area contributed by atoms with Crippen molar-refractivity contribution in [1.29, 1.82) is 0 Å². The van der Waals surface area contributed by atoms with Crippen molar-refractivity contribution in [2.75, 3.05) is 5.32 Å². The minimum atomic E-state index is -0.974. The summed E-state index contributed by atoms with van der Waals surface area (Å²) in [4.78, 5) is 33.5. The third-order valence-corrected chi connectivity index (χ3v) is 8.77. The second-order valence-electron chi connectivity index (χ2n) is 13.0. The van der Waals surface area contributed by atoms with E-state index in [2.05, 4.69) is 77.0 Å². The van der Waals surface area contributed by atoms with Crippen molar-refractivity contribution in [3.05, 3.63) is 102 Å². The number of benzene rings is 2. The minimum Gasteiger partial charge on any atom is -0.487 e. The number of pyridine rings is 2. The summed E-state index contributed by atoms with van der Waals surface area (Å²) in [5.74, 6) is 0.249. The molecule has 0 aliphatic rings. The standard InChI is InChI=1S/C37H40N4O4S/c1-24(42)40-33-17-14-27(21-39-33)26-12-10-25(11-13-26)22-41-31-16-15-29(45-23-28-9-7-8-18-38-28)19-30(31)34(46-36(2,3)4)32(41)20-37(5,6)35(43)44/h7-19,21H,20,22-23H2,1-6H3,(H,43,44)(H,39,40,42). The van der Waals surface area contributed by atoms with Gasteiger partial charge in [0.15, 0.2) is 0 Å². The largest absolute Gasteiger partial charge is 0.487 e. The Morgan fingerprint density at radius 3 is 2.28 bits per heavy atom. The number of ether oxygens (including phenoxy) is 1. The van der Waals surface area contributed by atoms with E-state index in [1.165, 1.54) is 6.92 Å². The Labute approximate surface area is 274 Å². The first-order chi connectivity index (χ1) is 21.8. The highest BCUT2D eigenvalue weighted by molar-refractivity contribution is 8.00. The number of fused-ring (bicyclic) bond motifs is 1. The average molecular weight is 637 g/mol. The molecule has 0 aliphatic carbocycles. The summed E-state index contributed by atoms with van der Waals surface area (Å²) in [6.45, 7) is 12.5. The molecular weight excluding hydrogens is 596 g/mol. The van der Waals surface area contributed by atoms with Crippen LogP contribution in [-0.4, -0.2) is 36.3 Å². The number of aliphatic carboxylic acids is 1. The van der Waals surface area contributed by atoms with Gasteiger partial charge in [0.25, 0.3) is 0 Å². The summed E-state index contributed by atoms with van der Waals surface area (Å²) in [6, 6.07) is 23.9. The van der Waals surface area contributed by atoms with Crippen molar-refractivity contribution in [2.45, 2.75) is 70.8 Å². The molecule has 0 atom stereocenters. The molecule has 2 aromatic carbocycles. The molecule has 0 saturated heterocycles. The maximum Gasteiger partial charge on any atom is 0.309 e. The summed E-state index contributed by atoms with van der Waals surface area (Å²) in [7, 11) is 0. The number of anilines is 1. The molecule has 9 heteroatoms. The van der Waals surface area contributed by atoms with Gasteiger partial charge in [-0.2, -0.15) is 0 Å². The van der Waals surface area contributed by atoms with Gasteiger partial charge in [0.1, 0.15) is 18.2 Å². The van der Waals surface area contributed by atoms with E-state index < -0.39 is 11.4 Å². The molecule has 0 spiro atoms. The zero-order valence-corrected chi connectivity index (χ0v) is 27.9. The van der Waals surface area contributed by atoms with Gasteiger partial charge in [-0.1, -0.05) is 51.1 Å². The summed E-state index contributed by atoms with van der Waals surface area (Å²) < 4.78 is 8.32. The van der Waals surface area contributed by atoms with E-state index >= 15 is 0 Å². The minimum absolute atomic E-state index is 0.114. The van der Waals surface area contributed by atoms with Crippen molar-refractivity contribution < 1.29 is 19.4 Å². The smallest absolute Gasteiger partial charge is 0.309 e. The number of thioether (sulfide) groups is 1. The fourth-order valence-electron chi connectivity index (χ4n) is 5.16. The van der Waals surface area contributed by atoms with Crippen molar-refractivity contribution in [1.82, 2.24) is 14.5 Å². The molecule has 0 aliphatic heterocycles. The topological polar surface area (TPSA) is 106 Å². The van der Waals surface area contributed by atoms with E-state index in [1.807, 2.05) is 30.3 Å². The number of hydrogen-bond acceptors (Lipinski definition) is 6. The first-order valence-electron chi connectivity index (χ1n) is 15.2. The molecule has 5 aromatic rings. The molecule has 0 radical (unpaired) electrons. The lowest BCUT2D eigenvalue weighted by Crippen LogP contribution is -2.28. The Kier molecular flexibility index (Phi) is 9.53. The molecule has 8 nitrogen and oxygen atoms in total. The van der Waals surface area contributed by atoms with Crippen LogP contribution in [-0.2, 0) is 29.2 Å². The highest BCUT2D eigenvalue weighted by atomic mass is 32.2. The Balaban J connectivity index is 1.54. The number of carboxylic acids is 1. The second kappa shape index (κ2) is 13.4. The number of carboxylic acid groups (broad SMARTS) is 1. The molecule has 0 saturated carbocycles. The number of nitrogens with zero attached hydrogens (tertiary/aromatic N) is 3. The maximum atomic E-state index is 12.4. The van der Waals surface area contributed by atoms with Crippen LogP contribution < -0.4 is 10.1 Å². The highest BCUT2D eigenvalue weighted by Gasteiger charge is 2.33. The second-order valence-corrected chi connectivity index (χ2v) is 14.9. The zero-order chi connectivity index (χ0) is 33.1. The van der Waals surface area contributed by atoms with Crippen LogP contribution in [0.5, 0.6) is 5.75 Å². The number of amides is 1. The van der Waals surface area contributed by atoms with Crippen LogP contribution in [0.2, 0.25) is 0 Å². The SMILES string of the molecule is CC(=O)Nc1ccc(-c2ccc(Cn3c(CC(C)(C)C(=O)O)c(SC(C)(C)C)c4cc(OCc5ccccn5)ccc43)cc2)cn1. The summed E-state index contributed by atoms with van der Waals surface area (Å²) >= 11 is 1.75. The van der Waals surface area contributed by atoms with Crippen molar-refractivity contribution in [3.63, 3.8) is 0 Å². The molecule has 1 amide bonds. The Morgan fingerprint density at radius 1 is 0.935 bits per heavy atom. The van der Waals surface area contributed by atoms with Gasteiger partial charge in [0.05, 0.1) is 11.1 Å². The number of nitrogens with one attached hydrogen (secondary N) is 1. The lowest BCUT2D eigenvalue weighted by Gasteiger charge is -2.24. The highest BCUT2D eigenvalue weighted by Crippen LogP contribution is 2.44. The number of carbonyl (C=O) groups excluding carboxylic acids is 1. The molecule has 46 heavy (non-hydrogen) atoms. The lowest BCUT2D eigenvalue weighted by molar-refractivity contribution is -0.146. The van der Waals surface area contributed by atoms with E-state index in [-0.39, 0.29) is 10.7 Å². The van der Waals surface area contributed by atoms with Gasteiger partial charge >= 0.3 is 5.97 Å². The third kappa shape index (κ3) is 7.95. The number of carbonyl (C=O) groups is 2. The van der Waals surface area contributed by atoms with Crippen molar-refractivity contribution >= 4 is 40.4 Å². The van der Waals surface area contributed by atoms with Gasteiger partial charge in [-0.25, -0.2) is 4.98 Å². The van der Waals surface area contributed by atoms with Gasteiger partial charge in [-0.3, -0.25) is 14.6 Å². The number of hydrogen-bond donors (Lipinski definition) is 2. The average Bonchev–Trinajstić information content (AvgIpc) is 3.26. The Morgan fingerprint density at radius 2 is 1.67 bits per heavy atom. The number of aromatic nitrogens is 3. The van der Waals surface area contributed by atoms with Gasteiger partial charge in [0, 0.05) is 64.1 Å². The molecule has 0 bridgehead atoms. The van der Waals surface area contributed by atoms with Crippen LogP contribution in [0.25, 0.3) is 22.0 Å². The molecular formula is C37H40N4O4S. The summed E-state index contributed by atoms with van der Waals surface area (Å²) in [6.07, 6.45) is 3.86. The van der Waals surface area contributed by atoms with Gasteiger partial charge < -0.3 is 19.7 Å². The molecule has 3 aromatic heterocycles. The third-order valence-electron chi connectivity index (χ3n) is 7.50. The fourth-order valence-corrected chi connectivity index (χ4v) is 6.35. The van der Waals surface area contributed by atoms with Crippen LogP contribution >= 0.6 is 11.8 Å². The molecule has 2 N–H and O–H groups in total. The van der Waals surface area contributed by atoms with E-state index in [1.54, 1.807) is 44.1 Å². The van der Waals surface area contributed by atoms with Crippen LogP contribution in [0.1, 0.15) is 58.5 Å². The predicted molar refractivity (Wildman–Crippen MR) is 184 cm³/mol. The van der Waals surface area contributed by atoms with Crippen LogP contribution in [0, 0.1) is 5.41 Å². The normalized spacial score (nSPS) is 11.9. The molecule has 0 unspecified atom stereocenters. The summed E-state index contributed by atoms with van der Waals surface area (Å²) in [5.41, 5.74) is 4.92. The quantitative estimate of drug-likeness (QED) is 0.141. The van der Waals surface area contributed by atoms with E-state index in [9.17, 15) is 14.7 Å². The van der Waals surface area contributed by atoms with Gasteiger partial charge in [-0.15, -0.1) is 11.8 Å². The molecule has 0 fully saturated rings. The van der Waals surface area contributed by atoms with E-state index in [0.717, 1.165) is 49.6 Å². The van der Waals surface area contributed by atoms with Gasteiger partial charge in [0.2, 0.25) is 5.91 Å². The molecule has 5 rings (SSSR count).